The molecule has 4 aromatic rings. The summed E-state index contributed by atoms with van der Waals surface area (Å²) in [5.41, 5.74) is 16.1. The molecule has 1 aliphatic carbocycles. The maximum Gasteiger partial charge on any atom is 0.254 e. The van der Waals surface area contributed by atoms with Gasteiger partial charge in [-0.05, 0) is 30.9 Å². The van der Waals surface area contributed by atoms with E-state index in [1.807, 2.05) is 60.7 Å². The molecular weight excluding hydrogens is 390 g/mol. The molecule has 7 nitrogen and oxygen atoms in total. The van der Waals surface area contributed by atoms with Gasteiger partial charge >= 0.3 is 0 Å². The minimum absolute atomic E-state index is 0.0623. The second-order valence-electron chi connectivity index (χ2n) is 8.06. The van der Waals surface area contributed by atoms with Gasteiger partial charge in [0.05, 0.1) is 17.3 Å². The lowest BCUT2D eigenvalue weighted by molar-refractivity contribution is 0.0998. The molecule has 1 aliphatic rings. The van der Waals surface area contributed by atoms with Crippen LogP contribution in [0.2, 0.25) is 0 Å². The first kappa shape index (κ1) is 19.3. The first-order valence-electron chi connectivity index (χ1n) is 10.3. The van der Waals surface area contributed by atoms with E-state index in [9.17, 15) is 9.90 Å². The van der Waals surface area contributed by atoms with Crippen molar-refractivity contribution in [3.63, 3.8) is 0 Å². The molecule has 0 unspecified atom stereocenters. The fraction of sp³-hybridized carbons (Fsp3) is 0.208. The van der Waals surface area contributed by atoms with Gasteiger partial charge in [0.25, 0.3) is 5.91 Å². The molecule has 1 saturated carbocycles. The predicted molar refractivity (Wildman–Crippen MR) is 120 cm³/mol. The zero-order valence-electron chi connectivity index (χ0n) is 16.9. The Bertz CT molecular complexity index is 1280. The van der Waals surface area contributed by atoms with Crippen LogP contribution in [0, 0.1) is 5.92 Å². The summed E-state index contributed by atoms with van der Waals surface area (Å²) in [5.74, 6) is -0.0896. The Morgan fingerprint density at radius 1 is 1.06 bits per heavy atom. The summed E-state index contributed by atoms with van der Waals surface area (Å²) < 4.78 is 1.68. The number of hydrogen-bond acceptors (Lipinski definition) is 5. The lowest BCUT2D eigenvalue weighted by Crippen LogP contribution is -2.30. The molecule has 2 heterocycles. The third-order valence-corrected chi connectivity index (χ3v) is 6.04. The number of carbonyl (C=O) groups excluding carboxylic acids is 1. The SMILES string of the molecule is NC(=O)c1c(-c2ccc3ccc(-c4ccccc4)nc3c2)nn(C2CC(CO)C2)c1N. The summed E-state index contributed by atoms with van der Waals surface area (Å²) in [4.78, 5) is 17.0. The number of nitrogen functional groups attached to an aromatic ring is 1. The highest BCUT2D eigenvalue weighted by Crippen LogP contribution is 2.41. The van der Waals surface area contributed by atoms with Crippen LogP contribution in [-0.2, 0) is 0 Å². The van der Waals surface area contributed by atoms with Crippen LogP contribution in [-0.4, -0.2) is 32.4 Å². The summed E-state index contributed by atoms with van der Waals surface area (Å²) in [6.07, 6.45) is 1.56. The molecule has 0 bridgehead atoms. The fourth-order valence-corrected chi connectivity index (χ4v) is 4.25. The fourth-order valence-electron chi connectivity index (χ4n) is 4.25. The van der Waals surface area contributed by atoms with Crippen LogP contribution in [0.3, 0.4) is 0 Å². The molecule has 5 N–H and O–H groups in total. The second kappa shape index (κ2) is 7.52. The van der Waals surface area contributed by atoms with Crippen LogP contribution in [0.4, 0.5) is 5.82 Å². The van der Waals surface area contributed by atoms with Crippen molar-refractivity contribution in [3.05, 3.63) is 66.2 Å². The van der Waals surface area contributed by atoms with E-state index in [0.29, 0.717) is 5.69 Å². The van der Waals surface area contributed by atoms with Crippen LogP contribution in [0.1, 0.15) is 29.2 Å². The van der Waals surface area contributed by atoms with Crippen molar-refractivity contribution >= 4 is 22.6 Å². The Morgan fingerprint density at radius 2 is 1.81 bits per heavy atom. The summed E-state index contributed by atoms with van der Waals surface area (Å²) in [6, 6.07) is 19.8. The standard InChI is InChI=1S/C24H23N5O2/c25-23-21(24(26)31)22(28-29(23)18-10-14(11-18)13-30)17-7-6-16-8-9-19(27-20(16)12-17)15-4-2-1-3-5-15/h1-9,12,14,18,30H,10-11,13,25H2,(H2,26,31). The van der Waals surface area contributed by atoms with Crippen LogP contribution >= 0.6 is 0 Å². The van der Waals surface area contributed by atoms with E-state index in [0.717, 1.165) is 40.6 Å². The molecule has 0 radical (unpaired) electrons. The van der Waals surface area contributed by atoms with Crippen molar-refractivity contribution in [2.45, 2.75) is 18.9 Å². The van der Waals surface area contributed by atoms with Gasteiger partial charge in [0.15, 0.2) is 0 Å². The average Bonchev–Trinajstić information content (AvgIpc) is 3.10. The maximum absolute atomic E-state index is 12.2. The first-order valence-corrected chi connectivity index (χ1v) is 10.3. The number of anilines is 1. The molecule has 7 heteroatoms. The van der Waals surface area contributed by atoms with Crippen LogP contribution < -0.4 is 11.5 Å². The lowest BCUT2D eigenvalue weighted by Gasteiger charge is -2.34. The van der Waals surface area contributed by atoms with Crippen molar-refractivity contribution in [2.75, 3.05) is 12.3 Å². The van der Waals surface area contributed by atoms with Gasteiger partial charge in [0.2, 0.25) is 0 Å². The average molecular weight is 413 g/mol. The number of rotatable bonds is 5. The van der Waals surface area contributed by atoms with Crippen molar-refractivity contribution < 1.29 is 9.90 Å². The predicted octanol–water partition coefficient (Wildman–Crippen LogP) is 3.39. The van der Waals surface area contributed by atoms with Crippen molar-refractivity contribution in [1.29, 1.82) is 0 Å². The molecule has 2 aromatic heterocycles. The molecule has 1 fully saturated rings. The van der Waals surface area contributed by atoms with Gasteiger partial charge in [0.1, 0.15) is 17.1 Å². The minimum Gasteiger partial charge on any atom is -0.396 e. The number of nitrogens with two attached hydrogens (primary N) is 2. The number of amides is 1. The van der Waals surface area contributed by atoms with Gasteiger partial charge in [-0.1, -0.05) is 48.5 Å². The highest BCUT2D eigenvalue weighted by molar-refractivity contribution is 6.04. The summed E-state index contributed by atoms with van der Waals surface area (Å²) in [5, 5.41) is 15.0. The van der Waals surface area contributed by atoms with E-state index in [1.165, 1.54) is 0 Å². The molecule has 0 atom stereocenters. The van der Waals surface area contributed by atoms with E-state index >= 15 is 0 Å². The number of fused-ring (bicyclic) bond motifs is 1. The van der Waals surface area contributed by atoms with Crippen molar-refractivity contribution in [3.8, 4) is 22.5 Å². The molecule has 0 saturated heterocycles. The van der Waals surface area contributed by atoms with Crippen LogP contribution in [0.15, 0.2) is 60.7 Å². The summed E-state index contributed by atoms with van der Waals surface area (Å²) >= 11 is 0. The molecule has 5 rings (SSSR count). The topological polar surface area (TPSA) is 120 Å². The van der Waals surface area contributed by atoms with E-state index < -0.39 is 5.91 Å². The minimum atomic E-state index is -0.608. The van der Waals surface area contributed by atoms with Gasteiger partial charge in [-0.15, -0.1) is 0 Å². The molecule has 0 spiro atoms. The van der Waals surface area contributed by atoms with E-state index in [4.69, 9.17) is 16.5 Å². The Balaban J connectivity index is 1.59. The molecule has 2 aromatic carbocycles. The number of nitrogens with zero attached hydrogens (tertiary/aromatic N) is 3. The van der Waals surface area contributed by atoms with Gasteiger partial charge in [-0.3, -0.25) is 4.79 Å². The zero-order chi connectivity index (χ0) is 21.5. The first-order chi connectivity index (χ1) is 15.0. The number of aliphatic hydroxyl groups is 1. The van der Waals surface area contributed by atoms with Crippen molar-refractivity contribution in [2.24, 2.45) is 11.7 Å². The smallest absolute Gasteiger partial charge is 0.254 e. The van der Waals surface area contributed by atoms with E-state index in [-0.39, 0.29) is 29.9 Å². The Kier molecular flexibility index (Phi) is 4.67. The quantitative estimate of drug-likeness (QED) is 0.463. The normalized spacial score (nSPS) is 18.1. The van der Waals surface area contributed by atoms with Gasteiger partial charge in [-0.25, -0.2) is 9.67 Å². The number of carbonyl (C=O) groups is 1. The molecule has 156 valence electrons. The molecule has 31 heavy (non-hydrogen) atoms. The van der Waals surface area contributed by atoms with Crippen LogP contribution in [0.5, 0.6) is 0 Å². The highest BCUT2D eigenvalue weighted by atomic mass is 16.3. The Hall–Kier alpha value is -3.71. The third-order valence-electron chi connectivity index (χ3n) is 6.04. The lowest BCUT2D eigenvalue weighted by atomic mass is 9.81. The largest absolute Gasteiger partial charge is 0.396 e. The van der Waals surface area contributed by atoms with Gasteiger partial charge < -0.3 is 16.6 Å². The Morgan fingerprint density at radius 3 is 2.52 bits per heavy atom. The highest BCUT2D eigenvalue weighted by Gasteiger charge is 2.34. The zero-order valence-corrected chi connectivity index (χ0v) is 16.9. The number of primary amides is 1. The number of pyridine rings is 1. The Labute approximate surface area is 179 Å². The number of benzene rings is 2. The third kappa shape index (κ3) is 3.33. The summed E-state index contributed by atoms with van der Waals surface area (Å²) in [6.45, 7) is 0.146. The number of aliphatic hydroxyl groups excluding tert-OH is 1. The van der Waals surface area contributed by atoms with Crippen molar-refractivity contribution in [1.82, 2.24) is 14.8 Å². The second-order valence-corrected chi connectivity index (χ2v) is 8.06. The number of aromatic nitrogens is 3. The van der Waals surface area contributed by atoms with E-state index in [2.05, 4.69) is 5.10 Å². The monoisotopic (exact) mass is 413 g/mol. The van der Waals surface area contributed by atoms with E-state index in [1.54, 1.807) is 4.68 Å². The molecular formula is C24H23N5O2. The number of hydrogen-bond donors (Lipinski definition) is 3. The van der Waals surface area contributed by atoms with Gasteiger partial charge in [-0.2, -0.15) is 5.10 Å². The molecule has 0 aliphatic heterocycles. The summed E-state index contributed by atoms with van der Waals surface area (Å²) in [7, 11) is 0. The van der Waals surface area contributed by atoms with Gasteiger partial charge in [0, 0.05) is 23.1 Å². The molecule has 1 amide bonds. The maximum atomic E-state index is 12.2. The van der Waals surface area contributed by atoms with Crippen LogP contribution in [0.25, 0.3) is 33.4 Å².